The fourth-order valence-corrected chi connectivity index (χ4v) is 3.93. The van der Waals surface area contributed by atoms with Crippen LogP contribution in [0.2, 0.25) is 0 Å². The van der Waals surface area contributed by atoms with E-state index in [1.807, 2.05) is 37.3 Å². The monoisotopic (exact) mass is 374 g/mol. The van der Waals surface area contributed by atoms with Crippen LogP contribution in [0.4, 0.5) is 0 Å². The van der Waals surface area contributed by atoms with Crippen LogP contribution >= 0.6 is 23.3 Å². The minimum Gasteiger partial charge on any atom is -0.481 e. The topological polar surface area (TPSA) is 104 Å². The van der Waals surface area contributed by atoms with Gasteiger partial charge in [-0.25, -0.2) is 0 Å². The van der Waals surface area contributed by atoms with Crippen molar-refractivity contribution in [2.45, 2.75) is 18.6 Å². The second-order valence-corrected chi connectivity index (χ2v) is 7.26. The maximum Gasteiger partial charge on any atom is 0.305 e. The summed E-state index contributed by atoms with van der Waals surface area (Å²) in [4.78, 5) is 23.4. The quantitative estimate of drug-likeness (QED) is 0.618. The van der Waals surface area contributed by atoms with Crippen LogP contribution in [0.5, 0.6) is 0 Å². The lowest BCUT2D eigenvalue weighted by atomic mass is 10.1. The third-order valence-electron chi connectivity index (χ3n) is 3.34. The molecule has 2 N–H and O–H groups in total. The van der Waals surface area contributed by atoms with Gasteiger partial charge >= 0.3 is 5.97 Å². The number of amides is 1. The number of aryl methyl sites for hydroxylation is 1. The molecule has 3 rings (SSSR count). The SMILES string of the molecule is Cc1cc(-c2ccccc2C=NN=C2NC(=O)C(CC(=O)O)S2)sn1. The van der Waals surface area contributed by atoms with Gasteiger partial charge in [0, 0.05) is 11.1 Å². The molecular weight excluding hydrogens is 360 g/mol. The molecule has 0 spiro atoms. The van der Waals surface area contributed by atoms with Crippen molar-refractivity contribution in [3.63, 3.8) is 0 Å². The number of benzene rings is 1. The van der Waals surface area contributed by atoms with Crippen LogP contribution in [-0.2, 0) is 9.59 Å². The van der Waals surface area contributed by atoms with Gasteiger partial charge in [0.1, 0.15) is 5.25 Å². The number of hydrogen-bond donors (Lipinski definition) is 2. The molecule has 128 valence electrons. The zero-order chi connectivity index (χ0) is 17.8. The second kappa shape index (κ2) is 7.58. The average Bonchev–Trinajstić information content (AvgIpc) is 3.14. The number of amidine groups is 1. The molecule has 0 bridgehead atoms. The summed E-state index contributed by atoms with van der Waals surface area (Å²) in [6.07, 6.45) is 1.36. The van der Waals surface area contributed by atoms with E-state index in [1.165, 1.54) is 11.5 Å². The average molecular weight is 374 g/mol. The summed E-state index contributed by atoms with van der Waals surface area (Å²) < 4.78 is 4.29. The molecule has 1 amide bonds. The predicted octanol–water partition coefficient (Wildman–Crippen LogP) is 2.51. The Kier molecular flexibility index (Phi) is 5.25. The summed E-state index contributed by atoms with van der Waals surface area (Å²) in [5.41, 5.74) is 2.84. The van der Waals surface area contributed by atoms with Crippen LogP contribution in [-0.4, -0.2) is 38.0 Å². The number of hydrogen-bond acceptors (Lipinski definition) is 7. The fraction of sp³-hybridized carbons (Fsp3) is 0.188. The van der Waals surface area contributed by atoms with Gasteiger partial charge in [-0.3, -0.25) is 9.59 Å². The molecule has 1 atom stereocenters. The summed E-state index contributed by atoms with van der Waals surface area (Å²) in [5.74, 6) is -1.38. The van der Waals surface area contributed by atoms with Crippen LogP contribution in [0.25, 0.3) is 10.4 Å². The summed E-state index contributed by atoms with van der Waals surface area (Å²) in [7, 11) is 0. The highest BCUT2D eigenvalue weighted by Crippen LogP contribution is 2.27. The van der Waals surface area contributed by atoms with Gasteiger partial charge in [-0.15, -0.1) is 5.10 Å². The number of thioether (sulfide) groups is 1. The molecule has 2 aromatic rings. The minimum atomic E-state index is -1.02. The number of carbonyl (C=O) groups excluding carboxylic acids is 1. The Morgan fingerprint density at radius 2 is 2.24 bits per heavy atom. The van der Waals surface area contributed by atoms with Gasteiger partial charge in [-0.2, -0.15) is 9.47 Å². The van der Waals surface area contributed by atoms with E-state index in [2.05, 4.69) is 19.9 Å². The van der Waals surface area contributed by atoms with Gasteiger partial charge in [0.05, 0.1) is 23.2 Å². The van der Waals surface area contributed by atoms with Gasteiger partial charge in [0.15, 0.2) is 5.17 Å². The number of rotatable bonds is 5. The molecular formula is C16H14N4O3S2. The van der Waals surface area contributed by atoms with Gasteiger partial charge in [-0.05, 0) is 24.5 Å². The Balaban J connectivity index is 1.75. The Labute approximate surface area is 152 Å². The standard InChI is InChI=1S/C16H14N4O3S2/c1-9-6-12(25-20-9)11-5-3-2-4-10(11)8-17-19-16-18-15(23)13(24-16)7-14(21)22/h2-6,8,13H,7H2,1H3,(H,21,22)(H,18,19,23). The highest BCUT2D eigenvalue weighted by molar-refractivity contribution is 8.15. The van der Waals surface area contributed by atoms with E-state index in [0.717, 1.165) is 33.5 Å². The van der Waals surface area contributed by atoms with Crippen molar-refractivity contribution in [1.29, 1.82) is 0 Å². The first-order valence-electron chi connectivity index (χ1n) is 7.36. The van der Waals surface area contributed by atoms with E-state index < -0.39 is 11.2 Å². The molecule has 1 unspecified atom stereocenters. The Morgan fingerprint density at radius 1 is 1.44 bits per heavy atom. The second-order valence-electron chi connectivity index (χ2n) is 5.26. The molecule has 1 aromatic carbocycles. The van der Waals surface area contributed by atoms with E-state index in [-0.39, 0.29) is 12.3 Å². The van der Waals surface area contributed by atoms with Crippen molar-refractivity contribution < 1.29 is 14.7 Å². The maximum absolute atomic E-state index is 11.7. The molecule has 1 aliphatic rings. The first kappa shape index (κ1) is 17.3. The Morgan fingerprint density at radius 3 is 2.96 bits per heavy atom. The molecule has 2 heterocycles. The molecule has 1 aliphatic heterocycles. The van der Waals surface area contributed by atoms with E-state index in [0.29, 0.717) is 5.17 Å². The molecule has 0 aliphatic carbocycles. The number of aromatic nitrogens is 1. The maximum atomic E-state index is 11.7. The van der Waals surface area contributed by atoms with E-state index in [9.17, 15) is 9.59 Å². The predicted molar refractivity (Wildman–Crippen MR) is 99.1 cm³/mol. The number of nitrogens with zero attached hydrogens (tertiary/aromatic N) is 3. The van der Waals surface area contributed by atoms with Crippen molar-refractivity contribution in [1.82, 2.24) is 9.69 Å². The number of carboxylic acid groups (broad SMARTS) is 1. The molecule has 9 heteroatoms. The summed E-state index contributed by atoms with van der Waals surface area (Å²) in [6, 6.07) is 9.75. The molecule has 1 fully saturated rings. The van der Waals surface area contributed by atoms with Crippen molar-refractivity contribution in [2.24, 2.45) is 10.2 Å². The largest absolute Gasteiger partial charge is 0.481 e. The molecule has 7 nitrogen and oxygen atoms in total. The number of carboxylic acids is 1. The Bertz CT molecular complexity index is 876. The van der Waals surface area contributed by atoms with Crippen molar-refractivity contribution in [3.8, 4) is 10.4 Å². The Hall–Kier alpha value is -2.52. The fourth-order valence-electron chi connectivity index (χ4n) is 2.21. The first-order chi connectivity index (χ1) is 12.0. The lowest BCUT2D eigenvalue weighted by Gasteiger charge is -2.01. The lowest BCUT2D eigenvalue weighted by Crippen LogP contribution is -2.26. The van der Waals surface area contributed by atoms with Crippen molar-refractivity contribution in [3.05, 3.63) is 41.6 Å². The normalized spacial score (nSPS) is 18.8. The third kappa shape index (κ3) is 4.31. The lowest BCUT2D eigenvalue weighted by molar-refractivity contribution is -0.138. The van der Waals surface area contributed by atoms with Crippen molar-refractivity contribution >= 4 is 46.6 Å². The molecule has 0 radical (unpaired) electrons. The molecule has 1 aromatic heterocycles. The van der Waals surface area contributed by atoms with Gasteiger partial charge < -0.3 is 10.4 Å². The third-order valence-corrected chi connectivity index (χ3v) is 5.32. The smallest absolute Gasteiger partial charge is 0.305 e. The van der Waals surface area contributed by atoms with Crippen LogP contribution < -0.4 is 5.32 Å². The highest BCUT2D eigenvalue weighted by atomic mass is 32.2. The molecule has 0 saturated carbocycles. The van der Waals surface area contributed by atoms with Gasteiger partial charge in [-0.1, -0.05) is 36.0 Å². The van der Waals surface area contributed by atoms with Gasteiger partial charge in [0.2, 0.25) is 5.91 Å². The van der Waals surface area contributed by atoms with E-state index in [4.69, 9.17) is 5.11 Å². The van der Waals surface area contributed by atoms with Gasteiger partial charge in [0.25, 0.3) is 0 Å². The summed E-state index contributed by atoms with van der Waals surface area (Å²) in [5, 5.41) is 19.0. The number of aliphatic carboxylic acids is 1. The number of carbonyl (C=O) groups is 2. The van der Waals surface area contributed by atoms with Crippen LogP contribution in [0.3, 0.4) is 0 Å². The van der Waals surface area contributed by atoms with Crippen LogP contribution in [0.15, 0.2) is 40.5 Å². The number of nitrogens with one attached hydrogen (secondary N) is 1. The zero-order valence-electron chi connectivity index (χ0n) is 13.2. The minimum absolute atomic E-state index is 0.243. The summed E-state index contributed by atoms with van der Waals surface area (Å²) >= 11 is 2.49. The molecule has 1 saturated heterocycles. The van der Waals surface area contributed by atoms with E-state index >= 15 is 0 Å². The van der Waals surface area contributed by atoms with E-state index in [1.54, 1.807) is 6.21 Å². The summed E-state index contributed by atoms with van der Waals surface area (Å²) in [6.45, 7) is 1.94. The highest BCUT2D eigenvalue weighted by Gasteiger charge is 2.32. The van der Waals surface area contributed by atoms with Crippen molar-refractivity contribution in [2.75, 3.05) is 0 Å². The zero-order valence-corrected chi connectivity index (χ0v) is 14.8. The molecule has 25 heavy (non-hydrogen) atoms. The van der Waals surface area contributed by atoms with Crippen LogP contribution in [0.1, 0.15) is 17.7 Å². The first-order valence-corrected chi connectivity index (χ1v) is 9.01. The van der Waals surface area contributed by atoms with Crippen LogP contribution in [0, 0.1) is 6.92 Å².